The molecular formula is C24H27FeO4. The third kappa shape index (κ3) is 6.52. The van der Waals surface area contributed by atoms with Crippen LogP contribution in [0.4, 0.5) is 0 Å². The van der Waals surface area contributed by atoms with Crippen LogP contribution in [-0.2, 0) is 17.1 Å². The summed E-state index contributed by atoms with van der Waals surface area (Å²) in [4.78, 5) is 13.0. The van der Waals surface area contributed by atoms with Crippen molar-refractivity contribution < 1.29 is 36.1 Å². The van der Waals surface area contributed by atoms with Crippen molar-refractivity contribution in [3.8, 4) is 17.2 Å². The van der Waals surface area contributed by atoms with Crippen molar-refractivity contribution in [2.45, 2.75) is 19.8 Å². The summed E-state index contributed by atoms with van der Waals surface area (Å²) in [6.45, 7) is 4.16. The third-order valence-electron chi connectivity index (χ3n) is 4.33. The zero-order valence-electron chi connectivity index (χ0n) is 17.4. The maximum atomic E-state index is 13.0. The number of ketones is 1. The van der Waals surface area contributed by atoms with Gasteiger partial charge in [0.2, 0.25) is 5.78 Å². The maximum Gasteiger partial charge on any atom is 0.204 e. The molecule has 2 aromatic rings. The van der Waals surface area contributed by atoms with Crippen LogP contribution in [-0.4, -0.2) is 27.1 Å². The van der Waals surface area contributed by atoms with Gasteiger partial charge in [-0.15, -0.1) is 0 Å². The molecule has 1 fully saturated rings. The molecule has 0 saturated heterocycles. The summed E-state index contributed by atoms with van der Waals surface area (Å²) in [6.07, 6.45) is 10.0. The second-order valence-corrected chi connectivity index (χ2v) is 6.45. The molecule has 1 aliphatic rings. The average molecular weight is 435 g/mol. The standard InChI is InChI=1S/C19H22O4.C5H5.Fe/c1-12(2)13-10-16(22-4)18(17(11-13)23-5)19(20)14-8-6-7-9-15(14)21-3;1-2-4-5-3-1;/h6-12H,1-5H3;1-5H;. The fraction of sp³-hybridized carbons (Fsp3) is 0.250. The normalized spacial score (nSPS) is 12.5. The van der Waals surface area contributed by atoms with Gasteiger partial charge in [0.25, 0.3) is 0 Å². The molecule has 0 unspecified atom stereocenters. The summed E-state index contributed by atoms with van der Waals surface area (Å²) in [7, 11) is 4.65. The van der Waals surface area contributed by atoms with Gasteiger partial charge in [-0.25, -0.2) is 0 Å². The third-order valence-corrected chi connectivity index (χ3v) is 4.33. The monoisotopic (exact) mass is 435 g/mol. The quantitative estimate of drug-likeness (QED) is 0.469. The van der Waals surface area contributed by atoms with Gasteiger partial charge < -0.3 is 14.2 Å². The van der Waals surface area contributed by atoms with E-state index in [2.05, 4.69) is 13.8 Å². The minimum atomic E-state index is -0.188. The first kappa shape index (κ1) is 25.1. The summed E-state index contributed by atoms with van der Waals surface area (Å²) in [5.74, 6) is 1.64. The molecule has 0 amide bonds. The molecule has 0 atom stereocenters. The van der Waals surface area contributed by atoms with Crippen molar-refractivity contribution in [2.75, 3.05) is 21.3 Å². The number of para-hydroxylation sites is 1. The fourth-order valence-electron chi connectivity index (χ4n) is 2.78. The van der Waals surface area contributed by atoms with E-state index >= 15 is 0 Å². The molecule has 2 aromatic carbocycles. The molecule has 0 N–H and O–H groups in total. The van der Waals surface area contributed by atoms with Gasteiger partial charge in [-0.3, -0.25) is 4.79 Å². The summed E-state index contributed by atoms with van der Waals surface area (Å²) in [6, 6.07) is 10.9. The Labute approximate surface area is 185 Å². The van der Waals surface area contributed by atoms with Crippen molar-refractivity contribution in [3.05, 3.63) is 85.2 Å². The number of ether oxygens (including phenoxy) is 3. The van der Waals surface area contributed by atoms with Crippen molar-refractivity contribution in [3.63, 3.8) is 0 Å². The first-order valence-electron chi connectivity index (χ1n) is 9.13. The Morgan fingerprint density at radius 3 is 1.62 bits per heavy atom. The number of hydrogen-bond acceptors (Lipinski definition) is 4. The van der Waals surface area contributed by atoms with Gasteiger partial charge in [-0.2, -0.15) is 0 Å². The largest absolute Gasteiger partial charge is 0.496 e. The minimum absolute atomic E-state index is 0. The number of hydrogen-bond donors (Lipinski definition) is 0. The molecule has 5 heteroatoms. The SMILES string of the molecule is COc1ccccc1C(=O)c1c(OC)cc(C(C)C)cc1OC.[CH]1[CH][CH][CH][CH]1.[Fe]. The Kier molecular flexibility index (Phi) is 10.9. The summed E-state index contributed by atoms with van der Waals surface area (Å²) < 4.78 is 16.2. The zero-order chi connectivity index (χ0) is 20.5. The molecule has 0 aliphatic heterocycles. The maximum absolute atomic E-state index is 13.0. The summed E-state index contributed by atoms with van der Waals surface area (Å²) in [5, 5.41) is 0. The van der Waals surface area contributed by atoms with Crippen molar-refractivity contribution in [1.29, 1.82) is 0 Å². The van der Waals surface area contributed by atoms with E-state index in [1.54, 1.807) is 39.5 Å². The average Bonchev–Trinajstić information content (AvgIpc) is 3.32. The van der Waals surface area contributed by atoms with E-state index in [4.69, 9.17) is 14.2 Å². The van der Waals surface area contributed by atoms with E-state index in [0.29, 0.717) is 34.3 Å². The van der Waals surface area contributed by atoms with Gasteiger partial charge in [0.05, 0.1) is 26.9 Å². The van der Waals surface area contributed by atoms with Crippen LogP contribution in [0.2, 0.25) is 0 Å². The van der Waals surface area contributed by atoms with Gasteiger partial charge in [0, 0.05) is 17.1 Å². The van der Waals surface area contributed by atoms with Crippen molar-refractivity contribution in [2.24, 2.45) is 0 Å². The molecule has 155 valence electrons. The van der Waals surface area contributed by atoms with E-state index in [0.717, 1.165) is 5.56 Å². The Morgan fingerprint density at radius 2 is 1.21 bits per heavy atom. The number of methoxy groups -OCH3 is 3. The first-order valence-corrected chi connectivity index (χ1v) is 9.13. The molecule has 0 bridgehead atoms. The van der Waals surface area contributed by atoms with E-state index in [-0.39, 0.29) is 22.9 Å². The van der Waals surface area contributed by atoms with E-state index < -0.39 is 0 Å². The van der Waals surface area contributed by atoms with Crippen LogP contribution in [0.15, 0.2) is 36.4 Å². The van der Waals surface area contributed by atoms with Crippen LogP contribution in [0.25, 0.3) is 0 Å². The van der Waals surface area contributed by atoms with Crippen LogP contribution in [0.3, 0.4) is 0 Å². The Morgan fingerprint density at radius 1 is 0.759 bits per heavy atom. The number of rotatable bonds is 6. The minimum Gasteiger partial charge on any atom is -0.496 e. The molecule has 0 heterocycles. The number of carbonyl (C=O) groups excluding carboxylic acids is 1. The second kappa shape index (κ2) is 12.6. The topological polar surface area (TPSA) is 44.8 Å². The second-order valence-electron chi connectivity index (χ2n) is 6.45. The molecule has 5 radical (unpaired) electrons. The van der Waals surface area contributed by atoms with Crippen molar-refractivity contribution >= 4 is 5.78 Å². The van der Waals surface area contributed by atoms with Crippen LogP contribution in [0.5, 0.6) is 17.2 Å². The van der Waals surface area contributed by atoms with Gasteiger partial charge in [0.1, 0.15) is 22.8 Å². The van der Waals surface area contributed by atoms with Gasteiger partial charge in [0.15, 0.2) is 0 Å². The number of carbonyl (C=O) groups is 1. The van der Waals surface area contributed by atoms with Crippen LogP contribution in [0, 0.1) is 32.1 Å². The van der Waals surface area contributed by atoms with Crippen LogP contribution >= 0.6 is 0 Å². The molecule has 4 nitrogen and oxygen atoms in total. The fourth-order valence-corrected chi connectivity index (χ4v) is 2.78. The van der Waals surface area contributed by atoms with E-state index in [9.17, 15) is 4.79 Å². The van der Waals surface area contributed by atoms with E-state index in [1.165, 1.54) is 0 Å². The van der Waals surface area contributed by atoms with E-state index in [1.807, 2.05) is 50.3 Å². The molecular weight excluding hydrogens is 408 g/mol. The Balaban J connectivity index is 0.000000610. The molecule has 0 aromatic heterocycles. The van der Waals surface area contributed by atoms with Crippen LogP contribution < -0.4 is 14.2 Å². The zero-order valence-corrected chi connectivity index (χ0v) is 18.5. The smallest absolute Gasteiger partial charge is 0.204 e. The summed E-state index contributed by atoms with van der Waals surface area (Å²) >= 11 is 0. The number of benzene rings is 2. The van der Waals surface area contributed by atoms with Gasteiger partial charge in [-0.1, -0.05) is 26.0 Å². The molecule has 0 spiro atoms. The predicted molar refractivity (Wildman–Crippen MR) is 112 cm³/mol. The molecule has 1 aliphatic carbocycles. The van der Waals surface area contributed by atoms with Gasteiger partial charge >= 0.3 is 0 Å². The molecule has 1 saturated carbocycles. The van der Waals surface area contributed by atoms with Crippen molar-refractivity contribution in [1.82, 2.24) is 0 Å². The Hall–Kier alpha value is -1.97. The first-order chi connectivity index (χ1) is 13.5. The van der Waals surface area contributed by atoms with Gasteiger partial charge in [-0.05, 0) is 67.9 Å². The predicted octanol–water partition coefficient (Wildman–Crippen LogP) is 5.09. The Bertz CT molecular complexity index is 750. The van der Waals surface area contributed by atoms with Crippen LogP contribution in [0.1, 0.15) is 41.3 Å². The molecule has 29 heavy (non-hydrogen) atoms. The summed E-state index contributed by atoms with van der Waals surface area (Å²) in [5.41, 5.74) is 1.93. The molecule has 3 rings (SSSR count).